The molecule has 3 aromatic rings. The highest BCUT2D eigenvalue weighted by molar-refractivity contribution is 5.87. The Balaban J connectivity index is 1.10. The normalized spacial score (nSPS) is 28.5. The predicted octanol–water partition coefficient (Wildman–Crippen LogP) is 6.78. The summed E-state index contributed by atoms with van der Waals surface area (Å²) in [5.41, 5.74) is 6.15. The molecule has 0 unspecified atom stereocenters. The Morgan fingerprint density at radius 2 is 1.95 bits per heavy atom. The third-order valence-corrected chi connectivity index (χ3v) is 9.88. The number of benzene rings is 2. The smallest absolute Gasteiger partial charge is 0.139 e. The molecule has 1 heterocycles. The van der Waals surface area contributed by atoms with Crippen LogP contribution in [0.2, 0.25) is 0 Å². The lowest BCUT2D eigenvalue weighted by Crippen LogP contribution is -2.44. The Morgan fingerprint density at radius 1 is 1.11 bits per heavy atom. The summed E-state index contributed by atoms with van der Waals surface area (Å²) in [6, 6.07) is 15.1. The number of methoxy groups -OCH3 is 1. The molecule has 37 heavy (non-hydrogen) atoms. The predicted molar refractivity (Wildman–Crippen MR) is 146 cm³/mol. The van der Waals surface area contributed by atoms with Gasteiger partial charge in [0, 0.05) is 23.9 Å². The fourth-order valence-corrected chi connectivity index (χ4v) is 7.95. The Hall–Kier alpha value is -2.95. The average molecular weight is 498 g/mol. The number of hydrogen-bond acceptors (Lipinski definition) is 4. The van der Waals surface area contributed by atoms with Gasteiger partial charge in [-0.1, -0.05) is 54.5 Å². The quantitative estimate of drug-likeness (QED) is 0.338. The van der Waals surface area contributed by atoms with E-state index in [1.807, 2.05) is 4.68 Å². The number of nitrogens with zero attached hydrogens (tertiary/aromatic N) is 3. The van der Waals surface area contributed by atoms with Crippen molar-refractivity contribution < 1.29 is 9.53 Å². The molecular weight excluding hydrogens is 458 g/mol. The first-order valence-electron chi connectivity index (χ1n) is 14.1. The van der Waals surface area contributed by atoms with Crippen LogP contribution in [0.1, 0.15) is 74.5 Å². The van der Waals surface area contributed by atoms with Gasteiger partial charge in [-0.25, -0.2) is 0 Å². The van der Waals surface area contributed by atoms with Gasteiger partial charge in [-0.3, -0.25) is 9.48 Å². The summed E-state index contributed by atoms with van der Waals surface area (Å²) in [6.45, 7) is 5.27. The second-order valence-corrected chi connectivity index (χ2v) is 12.0. The van der Waals surface area contributed by atoms with Gasteiger partial charge in [0.2, 0.25) is 0 Å². The van der Waals surface area contributed by atoms with Crippen molar-refractivity contribution in [3.05, 3.63) is 65.4 Å². The minimum absolute atomic E-state index is 0.120. The summed E-state index contributed by atoms with van der Waals surface area (Å²) in [6.07, 6.45) is 10.7. The fraction of sp³-hybridized carbons (Fsp3) is 0.531. The topological polar surface area (TPSA) is 57.0 Å². The van der Waals surface area contributed by atoms with Crippen LogP contribution in [0.15, 0.2) is 48.7 Å². The highest BCUT2D eigenvalue weighted by Crippen LogP contribution is 2.62. The number of aryl methyl sites for hydroxylation is 3. The van der Waals surface area contributed by atoms with Crippen molar-refractivity contribution in [3.8, 4) is 17.0 Å². The van der Waals surface area contributed by atoms with Crippen molar-refractivity contribution in [2.75, 3.05) is 7.11 Å². The fourth-order valence-electron chi connectivity index (χ4n) is 7.95. The molecule has 3 aliphatic carbocycles. The molecule has 2 aromatic carbocycles. The van der Waals surface area contributed by atoms with Gasteiger partial charge in [-0.15, -0.1) is 5.10 Å². The molecule has 6 rings (SSSR count). The van der Waals surface area contributed by atoms with Gasteiger partial charge >= 0.3 is 0 Å². The molecule has 0 N–H and O–H groups in total. The summed E-state index contributed by atoms with van der Waals surface area (Å²) in [5.74, 6) is 3.75. The lowest BCUT2D eigenvalue weighted by atomic mass is 9.54. The molecule has 5 heteroatoms. The van der Waals surface area contributed by atoms with Crippen molar-refractivity contribution in [1.29, 1.82) is 0 Å². The lowest BCUT2D eigenvalue weighted by molar-refractivity contribution is -0.129. The van der Waals surface area contributed by atoms with Crippen LogP contribution in [-0.4, -0.2) is 27.9 Å². The maximum atomic E-state index is 13.3. The van der Waals surface area contributed by atoms with E-state index in [4.69, 9.17) is 4.74 Å². The number of hydrogen-bond donors (Lipinski definition) is 0. The highest BCUT2D eigenvalue weighted by atomic mass is 16.5. The van der Waals surface area contributed by atoms with Crippen molar-refractivity contribution in [2.24, 2.45) is 23.2 Å². The highest BCUT2D eigenvalue weighted by Gasteiger charge is 2.58. The zero-order valence-corrected chi connectivity index (χ0v) is 22.5. The third kappa shape index (κ3) is 4.41. The number of carbonyl (C=O) groups excluding carboxylic acids is 1. The molecule has 5 nitrogen and oxygen atoms in total. The van der Waals surface area contributed by atoms with E-state index in [-0.39, 0.29) is 5.41 Å². The second-order valence-electron chi connectivity index (χ2n) is 12.0. The zero-order chi connectivity index (χ0) is 25.6. The van der Waals surface area contributed by atoms with Crippen LogP contribution in [0.5, 0.6) is 5.75 Å². The summed E-state index contributed by atoms with van der Waals surface area (Å²) in [4.78, 5) is 13.3. The molecule has 0 bridgehead atoms. The average Bonchev–Trinajstić information content (AvgIpc) is 3.48. The Labute approximate surface area is 220 Å². The zero-order valence-electron chi connectivity index (χ0n) is 22.5. The van der Waals surface area contributed by atoms with E-state index in [2.05, 4.69) is 72.8 Å². The standard InChI is InChI=1S/C32H39N3O2/c1-21-7-9-22(10-8-21)29-20-35(34-33-29)17-5-4-6-24-19-30(36)32(2)16-15-27-26-14-12-25(37-3)18-23(26)11-13-28(27)31(24)32/h7-10,12,14,18,20,24,27-28,31H,4-6,11,13,15-17,19H2,1-3H3/t24-,27-,28-,31+,32-/m1/s1. The van der Waals surface area contributed by atoms with E-state index in [0.717, 1.165) is 68.5 Å². The molecule has 0 radical (unpaired) electrons. The number of unbranched alkanes of at least 4 members (excludes halogenated alkanes) is 1. The van der Waals surface area contributed by atoms with Gasteiger partial charge in [0.15, 0.2) is 0 Å². The van der Waals surface area contributed by atoms with Gasteiger partial charge in [0.05, 0.1) is 13.3 Å². The number of fused-ring (bicyclic) bond motifs is 5. The molecule has 0 spiro atoms. The minimum atomic E-state index is -0.120. The van der Waals surface area contributed by atoms with Gasteiger partial charge in [0.1, 0.15) is 17.2 Å². The van der Waals surface area contributed by atoms with E-state index in [1.165, 1.54) is 23.1 Å². The third-order valence-electron chi connectivity index (χ3n) is 9.88. The monoisotopic (exact) mass is 497 g/mol. The van der Waals surface area contributed by atoms with Crippen LogP contribution in [0, 0.1) is 30.1 Å². The number of ether oxygens (including phenoxy) is 1. The Morgan fingerprint density at radius 3 is 2.76 bits per heavy atom. The molecule has 0 aliphatic heterocycles. The largest absolute Gasteiger partial charge is 0.497 e. The van der Waals surface area contributed by atoms with Crippen molar-refractivity contribution in [3.63, 3.8) is 0 Å². The molecule has 5 atom stereocenters. The van der Waals surface area contributed by atoms with E-state index < -0.39 is 0 Å². The summed E-state index contributed by atoms with van der Waals surface area (Å²) in [7, 11) is 1.75. The van der Waals surface area contributed by atoms with E-state index in [0.29, 0.717) is 29.5 Å². The SMILES string of the molecule is COc1ccc2c(c1)CC[C@H]1[C@@H]3[C@H](CCCCn4cc(-c5ccc(C)cc5)nn4)CC(=O)[C@@]3(C)CC[C@H]21. The van der Waals surface area contributed by atoms with Crippen LogP contribution in [0.4, 0.5) is 0 Å². The summed E-state index contributed by atoms with van der Waals surface area (Å²) >= 11 is 0. The molecule has 1 aromatic heterocycles. The molecular formula is C32H39N3O2. The van der Waals surface area contributed by atoms with Gasteiger partial charge < -0.3 is 4.74 Å². The Bertz CT molecular complexity index is 1280. The first-order chi connectivity index (χ1) is 18.0. The number of carbonyl (C=O) groups is 1. The van der Waals surface area contributed by atoms with E-state index in [1.54, 1.807) is 7.11 Å². The molecule has 3 aliphatic rings. The maximum absolute atomic E-state index is 13.3. The minimum Gasteiger partial charge on any atom is -0.497 e. The maximum Gasteiger partial charge on any atom is 0.139 e. The molecule has 2 fully saturated rings. The summed E-state index contributed by atoms with van der Waals surface area (Å²) in [5, 5.41) is 8.74. The number of aromatic nitrogens is 3. The Kier molecular flexibility index (Phi) is 6.42. The number of Topliss-reactive ketones (excluding diaryl/α,β-unsaturated/α-hetero) is 1. The molecule has 0 amide bonds. The van der Waals surface area contributed by atoms with Crippen molar-refractivity contribution in [1.82, 2.24) is 15.0 Å². The van der Waals surface area contributed by atoms with E-state index >= 15 is 0 Å². The molecule has 2 saturated carbocycles. The number of rotatable bonds is 7. The van der Waals surface area contributed by atoms with Gasteiger partial charge in [-0.2, -0.15) is 0 Å². The van der Waals surface area contributed by atoms with Crippen LogP contribution >= 0.6 is 0 Å². The second kappa shape index (κ2) is 9.74. The van der Waals surface area contributed by atoms with Crippen LogP contribution in [0.3, 0.4) is 0 Å². The summed E-state index contributed by atoms with van der Waals surface area (Å²) < 4.78 is 7.47. The van der Waals surface area contributed by atoms with Crippen LogP contribution in [-0.2, 0) is 17.8 Å². The van der Waals surface area contributed by atoms with Crippen molar-refractivity contribution >= 4 is 5.78 Å². The van der Waals surface area contributed by atoms with E-state index in [9.17, 15) is 4.79 Å². The number of ketones is 1. The molecule has 0 saturated heterocycles. The van der Waals surface area contributed by atoms with Gasteiger partial charge in [0.25, 0.3) is 0 Å². The lowest BCUT2D eigenvalue weighted by Gasteiger charge is -2.50. The van der Waals surface area contributed by atoms with Gasteiger partial charge in [-0.05, 0) is 92.4 Å². The van der Waals surface area contributed by atoms with Crippen molar-refractivity contribution in [2.45, 2.75) is 77.7 Å². The van der Waals surface area contributed by atoms with Crippen LogP contribution < -0.4 is 4.74 Å². The first-order valence-corrected chi connectivity index (χ1v) is 14.1. The van der Waals surface area contributed by atoms with Crippen LogP contribution in [0.25, 0.3) is 11.3 Å². The molecule has 194 valence electrons. The first kappa shape index (κ1) is 24.4.